The number of nitrogens with zero attached hydrogens (tertiary/aromatic N) is 1. The summed E-state index contributed by atoms with van der Waals surface area (Å²) in [4.78, 5) is 16.2. The first-order valence-electron chi connectivity index (χ1n) is 7.08. The molecule has 0 aliphatic heterocycles. The topological polar surface area (TPSA) is 51.2 Å². The highest BCUT2D eigenvalue weighted by atomic mass is 35.5. The van der Waals surface area contributed by atoms with Crippen molar-refractivity contribution >= 4 is 17.5 Å². The molecule has 4 nitrogen and oxygen atoms in total. The van der Waals surface area contributed by atoms with Gasteiger partial charge in [-0.1, -0.05) is 12.8 Å². The zero-order valence-corrected chi connectivity index (χ0v) is 12.5. The standard InChI is InChI=1S/C15H21ClN2O2/c1-20-14-10-17-7-6-13(14)15(19)18-9-12-5-3-2-4-11(12)8-16/h6-7,10-12H,2-5,8-9H2,1H3,(H,18,19). The molecule has 0 spiro atoms. The second-order valence-corrected chi connectivity index (χ2v) is 5.55. The number of nitrogens with one attached hydrogen (secondary N) is 1. The van der Waals surface area contributed by atoms with E-state index in [4.69, 9.17) is 16.3 Å². The van der Waals surface area contributed by atoms with Gasteiger partial charge in [0.15, 0.2) is 0 Å². The highest BCUT2D eigenvalue weighted by Gasteiger charge is 2.25. The Hall–Kier alpha value is -1.29. The number of hydrogen-bond donors (Lipinski definition) is 1. The summed E-state index contributed by atoms with van der Waals surface area (Å²) in [6.45, 7) is 0.682. The Labute approximate surface area is 124 Å². The maximum atomic E-state index is 12.2. The van der Waals surface area contributed by atoms with Crippen LogP contribution in [-0.4, -0.2) is 30.4 Å². The molecule has 1 aromatic rings. The fraction of sp³-hybridized carbons (Fsp3) is 0.600. The molecule has 20 heavy (non-hydrogen) atoms. The first-order valence-corrected chi connectivity index (χ1v) is 7.62. The fourth-order valence-corrected chi connectivity index (χ4v) is 3.21. The van der Waals surface area contributed by atoms with Gasteiger partial charge in [0.05, 0.1) is 18.9 Å². The summed E-state index contributed by atoms with van der Waals surface area (Å²) in [6, 6.07) is 1.67. The minimum atomic E-state index is -0.108. The number of carbonyl (C=O) groups is 1. The minimum Gasteiger partial charge on any atom is -0.494 e. The van der Waals surface area contributed by atoms with Crippen molar-refractivity contribution in [1.29, 1.82) is 0 Å². The molecule has 1 saturated carbocycles. The van der Waals surface area contributed by atoms with Crippen molar-refractivity contribution in [2.24, 2.45) is 11.8 Å². The van der Waals surface area contributed by atoms with Crippen molar-refractivity contribution in [3.63, 3.8) is 0 Å². The molecule has 0 bridgehead atoms. The highest BCUT2D eigenvalue weighted by molar-refractivity contribution is 6.18. The maximum absolute atomic E-state index is 12.2. The molecular formula is C15H21ClN2O2. The third-order valence-electron chi connectivity index (χ3n) is 4.04. The normalized spacial score (nSPS) is 22.3. The molecule has 110 valence electrons. The number of halogens is 1. The van der Waals surface area contributed by atoms with E-state index in [9.17, 15) is 4.79 Å². The molecule has 1 heterocycles. The average molecular weight is 297 g/mol. The van der Waals surface area contributed by atoms with Gasteiger partial charge in [0.2, 0.25) is 0 Å². The summed E-state index contributed by atoms with van der Waals surface area (Å²) >= 11 is 6.01. The van der Waals surface area contributed by atoms with E-state index in [0.717, 1.165) is 6.42 Å². The predicted molar refractivity (Wildman–Crippen MR) is 79.3 cm³/mol. The lowest BCUT2D eigenvalue weighted by Crippen LogP contribution is -2.35. The van der Waals surface area contributed by atoms with E-state index < -0.39 is 0 Å². The van der Waals surface area contributed by atoms with Crippen LogP contribution >= 0.6 is 11.6 Å². The maximum Gasteiger partial charge on any atom is 0.255 e. The number of carbonyl (C=O) groups excluding carboxylic acids is 1. The van der Waals surface area contributed by atoms with Gasteiger partial charge >= 0.3 is 0 Å². The number of amides is 1. The lowest BCUT2D eigenvalue weighted by Gasteiger charge is -2.30. The molecule has 5 heteroatoms. The minimum absolute atomic E-state index is 0.108. The molecule has 1 amide bonds. The SMILES string of the molecule is COc1cnccc1C(=O)NCC1CCCCC1CCl. The molecule has 0 saturated heterocycles. The van der Waals surface area contributed by atoms with E-state index in [1.54, 1.807) is 25.6 Å². The zero-order chi connectivity index (χ0) is 14.4. The van der Waals surface area contributed by atoms with Crippen LogP contribution in [0.15, 0.2) is 18.5 Å². The number of pyridine rings is 1. The summed E-state index contributed by atoms with van der Waals surface area (Å²) in [5.41, 5.74) is 0.528. The largest absolute Gasteiger partial charge is 0.494 e. The van der Waals surface area contributed by atoms with Crippen molar-refractivity contribution in [3.05, 3.63) is 24.0 Å². The Morgan fingerprint density at radius 2 is 2.20 bits per heavy atom. The lowest BCUT2D eigenvalue weighted by molar-refractivity contribution is 0.0933. The van der Waals surface area contributed by atoms with Crippen LogP contribution in [0.25, 0.3) is 0 Å². The Balaban J connectivity index is 1.94. The van der Waals surface area contributed by atoms with Gasteiger partial charge in [0, 0.05) is 18.6 Å². The predicted octanol–water partition coefficient (Wildman–Crippen LogP) is 2.87. The van der Waals surface area contributed by atoms with Gasteiger partial charge in [0.25, 0.3) is 5.91 Å². The number of alkyl halides is 1. The summed E-state index contributed by atoms with van der Waals surface area (Å²) in [5, 5.41) is 3.00. The first kappa shape index (κ1) is 15.1. The quantitative estimate of drug-likeness (QED) is 0.850. The van der Waals surface area contributed by atoms with Gasteiger partial charge in [-0.25, -0.2) is 0 Å². The Kier molecular flexibility index (Phi) is 5.65. The molecule has 0 aromatic carbocycles. The Bertz CT molecular complexity index is 453. The van der Waals surface area contributed by atoms with Crippen molar-refractivity contribution in [3.8, 4) is 5.75 Å². The van der Waals surface area contributed by atoms with Crippen molar-refractivity contribution in [2.45, 2.75) is 25.7 Å². The van der Waals surface area contributed by atoms with Crippen LogP contribution in [0.2, 0.25) is 0 Å². The van der Waals surface area contributed by atoms with Gasteiger partial charge < -0.3 is 10.1 Å². The molecule has 0 radical (unpaired) electrons. The van der Waals surface area contributed by atoms with E-state index in [2.05, 4.69) is 10.3 Å². The summed E-state index contributed by atoms with van der Waals surface area (Å²) in [6.07, 6.45) is 7.94. The van der Waals surface area contributed by atoms with E-state index in [1.807, 2.05) is 0 Å². The summed E-state index contributed by atoms with van der Waals surface area (Å²) in [5.74, 6) is 2.08. The smallest absolute Gasteiger partial charge is 0.255 e. The summed E-state index contributed by atoms with van der Waals surface area (Å²) < 4.78 is 5.16. The molecular weight excluding hydrogens is 276 g/mol. The van der Waals surface area contributed by atoms with Crippen LogP contribution in [0.3, 0.4) is 0 Å². The second kappa shape index (κ2) is 7.48. The third-order valence-corrected chi connectivity index (χ3v) is 4.43. The van der Waals surface area contributed by atoms with Gasteiger partial charge in [-0.3, -0.25) is 9.78 Å². The number of methoxy groups -OCH3 is 1. The molecule has 2 unspecified atom stereocenters. The number of ether oxygens (including phenoxy) is 1. The fourth-order valence-electron chi connectivity index (χ4n) is 2.81. The molecule has 1 fully saturated rings. The van der Waals surface area contributed by atoms with Crippen LogP contribution in [0.1, 0.15) is 36.0 Å². The molecule has 2 atom stereocenters. The van der Waals surface area contributed by atoms with Gasteiger partial charge in [-0.2, -0.15) is 0 Å². The van der Waals surface area contributed by atoms with Gasteiger partial charge in [0.1, 0.15) is 5.75 Å². The highest BCUT2D eigenvalue weighted by Crippen LogP contribution is 2.30. The van der Waals surface area contributed by atoms with Gasteiger partial charge in [-0.05, 0) is 30.7 Å². The van der Waals surface area contributed by atoms with Crippen molar-refractivity contribution in [2.75, 3.05) is 19.5 Å². The monoisotopic (exact) mass is 296 g/mol. The van der Waals surface area contributed by atoms with E-state index in [0.29, 0.717) is 35.6 Å². The Morgan fingerprint density at radius 1 is 1.45 bits per heavy atom. The molecule has 1 aromatic heterocycles. The molecule has 1 N–H and O–H groups in total. The first-order chi connectivity index (χ1) is 9.76. The van der Waals surface area contributed by atoms with E-state index in [1.165, 1.54) is 19.3 Å². The van der Waals surface area contributed by atoms with E-state index in [-0.39, 0.29) is 5.91 Å². The van der Waals surface area contributed by atoms with Crippen molar-refractivity contribution in [1.82, 2.24) is 10.3 Å². The number of hydrogen-bond acceptors (Lipinski definition) is 3. The van der Waals surface area contributed by atoms with Crippen LogP contribution in [-0.2, 0) is 0 Å². The van der Waals surface area contributed by atoms with Crippen LogP contribution in [0.4, 0.5) is 0 Å². The number of aromatic nitrogens is 1. The third kappa shape index (κ3) is 3.63. The molecule has 1 aliphatic rings. The second-order valence-electron chi connectivity index (χ2n) is 5.24. The van der Waals surface area contributed by atoms with Crippen LogP contribution in [0.5, 0.6) is 5.75 Å². The van der Waals surface area contributed by atoms with E-state index >= 15 is 0 Å². The zero-order valence-electron chi connectivity index (χ0n) is 11.8. The van der Waals surface area contributed by atoms with Crippen LogP contribution in [0, 0.1) is 11.8 Å². The Morgan fingerprint density at radius 3 is 2.90 bits per heavy atom. The average Bonchev–Trinajstić information content (AvgIpc) is 2.52. The number of rotatable bonds is 5. The molecule has 1 aliphatic carbocycles. The lowest BCUT2D eigenvalue weighted by atomic mass is 9.80. The molecule has 2 rings (SSSR count). The van der Waals surface area contributed by atoms with Crippen molar-refractivity contribution < 1.29 is 9.53 Å². The summed E-state index contributed by atoms with van der Waals surface area (Å²) in [7, 11) is 1.54. The van der Waals surface area contributed by atoms with Crippen LogP contribution < -0.4 is 10.1 Å². The van der Waals surface area contributed by atoms with Gasteiger partial charge in [-0.15, -0.1) is 11.6 Å².